The van der Waals surface area contributed by atoms with E-state index in [9.17, 15) is 18.0 Å². The van der Waals surface area contributed by atoms with Crippen LogP contribution in [0.3, 0.4) is 0 Å². The van der Waals surface area contributed by atoms with Gasteiger partial charge in [-0.05, 0) is 24.3 Å². The Morgan fingerprint density at radius 3 is 2.45 bits per heavy atom. The van der Waals surface area contributed by atoms with Crippen LogP contribution >= 0.6 is 0 Å². The first-order valence-corrected chi connectivity index (χ1v) is 9.07. The van der Waals surface area contributed by atoms with E-state index in [1.807, 2.05) is 34.5 Å². The first-order valence-electron chi connectivity index (χ1n) is 9.07. The maximum absolute atomic E-state index is 12.1. The summed E-state index contributed by atoms with van der Waals surface area (Å²) in [5.41, 5.74) is 0.815. The fraction of sp³-hybridized carbons (Fsp3) is 0.500. The van der Waals surface area contributed by atoms with Gasteiger partial charge < -0.3 is 14.6 Å². The standard InChI is InChI=1S/C18H22F3N5O3/c1-28-14-4-2-13(3-5-14)17-23-16(29-24-17)11-26-8-6-25(7-9-26)10-15(27)22-12-18(19,20)21/h2-5H,6-12H2,1H3,(H,22,27). The zero-order valence-electron chi connectivity index (χ0n) is 15.9. The molecular weight excluding hydrogens is 391 g/mol. The van der Waals surface area contributed by atoms with Crippen molar-refractivity contribution in [1.29, 1.82) is 0 Å². The van der Waals surface area contributed by atoms with E-state index in [-0.39, 0.29) is 6.54 Å². The summed E-state index contributed by atoms with van der Waals surface area (Å²) in [6.07, 6.45) is -4.40. The number of carbonyl (C=O) groups is 1. The second-order valence-corrected chi connectivity index (χ2v) is 6.68. The molecule has 0 atom stereocenters. The minimum Gasteiger partial charge on any atom is -0.497 e. The molecule has 1 aliphatic rings. The van der Waals surface area contributed by atoms with Crippen molar-refractivity contribution in [3.63, 3.8) is 0 Å². The third kappa shape index (κ3) is 6.43. The van der Waals surface area contributed by atoms with Crippen LogP contribution in [0.15, 0.2) is 28.8 Å². The number of alkyl halides is 3. The molecule has 1 saturated heterocycles. The number of aromatic nitrogens is 2. The molecule has 3 rings (SSSR count). The Bertz CT molecular complexity index is 802. The molecule has 1 N–H and O–H groups in total. The number of nitrogens with one attached hydrogen (secondary N) is 1. The number of benzene rings is 1. The SMILES string of the molecule is COc1ccc(-c2noc(CN3CCN(CC(=O)NCC(F)(F)F)CC3)n2)cc1. The van der Waals surface area contributed by atoms with Crippen LogP contribution in [0.1, 0.15) is 5.89 Å². The smallest absolute Gasteiger partial charge is 0.405 e. The van der Waals surface area contributed by atoms with Crippen LogP contribution in [0, 0.1) is 0 Å². The molecule has 8 nitrogen and oxygen atoms in total. The first-order chi connectivity index (χ1) is 13.8. The lowest BCUT2D eigenvalue weighted by molar-refractivity contribution is -0.139. The fourth-order valence-corrected chi connectivity index (χ4v) is 2.93. The van der Waals surface area contributed by atoms with Crippen molar-refractivity contribution in [2.75, 3.05) is 46.4 Å². The highest BCUT2D eigenvalue weighted by atomic mass is 19.4. The van der Waals surface area contributed by atoms with Gasteiger partial charge in [-0.3, -0.25) is 14.6 Å². The Kier molecular flexibility index (Phi) is 6.70. The summed E-state index contributed by atoms with van der Waals surface area (Å²) in [6.45, 7) is 1.54. The van der Waals surface area contributed by atoms with Crippen molar-refractivity contribution >= 4 is 5.91 Å². The third-order valence-corrected chi connectivity index (χ3v) is 4.49. The largest absolute Gasteiger partial charge is 0.497 e. The van der Waals surface area contributed by atoms with Crippen LogP contribution in [-0.2, 0) is 11.3 Å². The van der Waals surface area contributed by atoms with E-state index in [4.69, 9.17) is 9.26 Å². The average molecular weight is 413 g/mol. The van der Waals surface area contributed by atoms with Crippen molar-refractivity contribution in [1.82, 2.24) is 25.3 Å². The Morgan fingerprint density at radius 1 is 1.17 bits per heavy atom. The van der Waals surface area contributed by atoms with Gasteiger partial charge in [-0.25, -0.2) is 0 Å². The predicted molar refractivity (Wildman–Crippen MR) is 97.1 cm³/mol. The Labute approximate surface area is 165 Å². The highest BCUT2D eigenvalue weighted by Crippen LogP contribution is 2.20. The number of amides is 1. The first kappa shape index (κ1) is 21.1. The molecule has 11 heteroatoms. The highest BCUT2D eigenvalue weighted by Gasteiger charge is 2.28. The number of carbonyl (C=O) groups excluding carboxylic acids is 1. The van der Waals surface area contributed by atoms with E-state index in [0.717, 1.165) is 11.3 Å². The molecule has 1 aliphatic heterocycles. The predicted octanol–water partition coefficient (Wildman–Crippen LogP) is 1.54. The fourth-order valence-electron chi connectivity index (χ4n) is 2.93. The minimum atomic E-state index is -4.40. The van der Waals surface area contributed by atoms with Gasteiger partial charge in [0.15, 0.2) is 0 Å². The van der Waals surface area contributed by atoms with E-state index in [1.54, 1.807) is 7.11 Å². The molecule has 1 aromatic carbocycles. The molecule has 0 unspecified atom stereocenters. The van der Waals surface area contributed by atoms with Crippen molar-refractivity contribution in [3.05, 3.63) is 30.2 Å². The molecule has 1 fully saturated rings. The second-order valence-electron chi connectivity index (χ2n) is 6.68. The number of nitrogens with zero attached hydrogens (tertiary/aromatic N) is 4. The Hall–Kier alpha value is -2.66. The lowest BCUT2D eigenvalue weighted by Crippen LogP contribution is -2.49. The van der Waals surface area contributed by atoms with Gasteiger partial charge >= 0.3 is 6.18 Å². The number of hydrogen-bond acceptors (Lipinski definition) is 7. The topological polar surface area (TPSA) is 83.7 Å². The van der Waals surface area contributed by atoms with Crippen LogP contribution in [-0.4, -0.2) is 78.4 Å². The zero-order valence-corrected chi connectivity index (χ0v) is 15.9. The average Bonchev–Trinajstić information content (AvgIpc) is 3.16. The van der Waals surface area contributed by atoms with Crippen molar-refractivity contribution in [3.8, 4) is 17.1 Å². The van der Waals surface area contributed by atoms with Crippen LogP contribution in [0.25, 0.3) is 11.4 Å². The summed E-state index contributed by atoms with van der Waals surface area (Å²) < 4.78 is 46.8. The van der Waals surface area contributed by atoms with Crippen LogP contribution in [0.4, 0.5) is 13.2 Å². The summed E-state index contributed by atoms with van der Waals surface area (Å²) >= 11 is 0. The molecule has 0 aliphatic carbocycles. The molecule has 2 heterocycles. The molecule has 0 spiro atoms. The van der Waals surface area contributed by atoms with Crippen molar-refractivity contribution in [2.24, 2.45) is 0 Å². The lowest BCUT2D eigenvalue weighted by Gasteiger charge is -2.33. The lowest BCUT2D eigenvalue weighted by atomic mass is 10.2. The van der Waals surface area contributed by atoms with Crippen LogP contribution in [0.5, 0.6) is 5.75 Å². The minimum absolute atomic E-state index is 0.0495. The van der Waals surface area contributed by atoms with E-state index in [0.29, 0.717) is 44.4 Å². The van der Waals surface area contributed by atoms with Gasteiger partial charge in [0, 0.05) is 31.7 Å². The Balaban J connectivity index is 1.44. The number of hydrogen-bond donors (Lipinski definition) is 1. The van der Waals surface area contributed by atoms with Crippen molar-refractivity contribution < 1.29 is 27.2 Å². The normalized spacial score (nSPS) is 16.0. The number of rotatable bonds is 7. The molecule has 29 heavy (non-hydrogen) atoms. The molecule has 158 valence electrons. The summed E-state index contributed by atoms with van der Waals surface area (Å²) in [6, 6.07) is 7.32. The quantitative estimate of drug-likeness (QED) is 0.737. The van der Waals surface area contributed by atoms with Gasteiger partial charge in [0.2, 0.25) is 17.6 Å². The van der Waals surface area contributed by atoms with Gasteiger partial charge in [0.25, 0.3) is 0 Å². The molecule has 0 bridgehead atoms. The van der Waals surface area contributed by atoms with Crippen LogP contribution in [0.2, 0.25) is 0 Å². The maximum atomic E-state index is 12.1. The molecule has 0 radical (unpaired) electrons. The Morgan fingerprint density at radius 2 is 1.83 bits per heavy atom. The molecule has 2 aromatic rings. The van der Waals surface area contributed by atoms with Gasteiger partial charge in [0.05, 0.1) is 20.2 Å². The monoisotopic (exact) mass is 413 g/mol. The second kappa shape index (κ2) is 9.23. The van der Waals surface area contributed by atoms with E-state index < -0.39 is 18.6 Å². The van der Waals surface area contributed by atoms with Crippen LogP contribution < -0.4 is 10.1 Å². The number of halogens is 3. The van der Waals surface area contributed by atoms with Gasteiger partial charge in [0.1, 0.15) is 12.3 Å². The molecular formula is C18H22F3N5O3. The van der Waals surface area contributed by atoms with E-state index in [2.05, 4.69) is 15.0 Å². The van der Waals surface area contributed by atoms with Crippen molar-refractivity contribution in [2.45, 2.75) is 12.7 Å². The maximum Gasteiger partial charge on any atom is 0.405 e. The number of methoxy groups -OCH3 is 1. The third-order valence-electron chi connectivity index (χ3n) is 4.49. The van der Waals surface area contributed by atoms with Gasteiger partial charge in [-0.1, -0.05) is 5.16 Å². The summed E-state index contributed by atoms with van der Waals surface area (Å²) in [4.78, 5) is 19.9. The highest BCUT2D eigenvalue weighted by molar-refractivity contribution is 5.78. The van der Waals surface area contributed by atoms with E-state index in [1.165, 1.54) is 0 Å². The molecule has 0 saturated carbocycles. The zero-order chi connectivity index (χ0) is 20.9. The molecule has 1 amide bonds. The summed E-state index contributed by atoms with van der Waals surface area (Å²) in [7, 11) is 1.59. The van der Waals surface area contributed by atoms with Gasteiger partial charge in [-0.15, -0.1) is 0 Å². The summed E-state index contributed by atoms with van der Waals surface area (Å²) in [5.74, 6) is 1.08. The molecule has 1 aromatic heterocycles. The van der Waals surface area contributed by atoms with Gasteiger partial charge in [-0.2, -0.15) is 18.2 Å². The number of ether oxygens (including phenoxy) is 1. The number of piperazine rings is 1. The summed E-state index contributed by atoms with van der Waals surface area (Å²) in [5, 5.41) is 5.88. The van der Waals surface area contributed by atoms with E-state index >= 15 is 0 Å².